The third-order valence-corrected chi connectivity index (χ3v) is 6.97. The van der Waals surface area contributed by atoms with Crippen LogP contribution in [0.25, 0.3) is 16.6 Å². The fourth-order valence-electron chi connectivity index (χ4n) is 4.28. The van der Waals surface area contributed by atoms with Gasteiger partial charge in [-0.15, -0.1) is 0 Å². The van der Waals surface area contributed by atoms with E-state index in [1.807, 2.05) is 13.0 Å². The summed E-state index contributed by atoms with van der Waals surface area (Å²) in [5.41, 5.74) is 1.37. The first-order valence-electron chi connectivity index (χ1n) is 12.1. The van der Waals surface area contributed by atoms with E-state index in [1.54, 1.807) is 49.5 Å². The number of hydrogen-bond acceptors (Lipinski definition) is 5. The molecule has 0 aliphatic rings. The van der Waals surface area contributed by atoms with Gasteiger partial charge in [0.2, 0.25) is 0 Å². The van der Waals surface area contributed by atoms with Crippen LogP contribution >= 0.6 is 23.2 Å². The van der Waals surface area contributed by atoms with E-state index in [4.69, 9.17) is 23.2 Å². The minimum Gasteiger partial charge on any atom is -0.480 e. The molecule has 1 amide bonds. The molecule has 9 nitrogen and oxygen atoms in total. The highest BCUT2D eigenvalue weighted by molar-refractivity contribution is 6.39. The highest BCUT2D eigenvalue weighted by Gasteiger charge is 2.24. The fraction of sp³-hybridized carbons (Fsp3) is 0.214. The number of carbonyl (C=O) groups excluding carboxylic acids is 1. The molecule has 11 heteroatoms. The van der Waals surface area contributed by atoms with Crippen LogP contribution in [0.15, 0.2) is 70.3 Å². The molecule has 0 aliphatic carbocycles. The first-order chi connectivity index (χ1) is 18.6. The molecule has 1 atom stereocenters. The van der Waals surface area contributed by atoms with Crippen molar-refractivity contribution in [3.05, 3.63) is 108 Å². The fourth-order valence-corrected chi connectivity index (χ4v) is 4.85. The summed E-state index contributed by atoms with van der Waals surface area (Å²) in [7, 11) is 1.60. The summed E-state index contributed by atoms with van der Waals surface area (Å²) in [5.74, 6) is -1.96. The number of fused-ring (bicyclic) bond motifs is 1. The number of nitrogens with one attached hydrogen (secondary N) is 2. The second-order valence-corrected chi connectivity index (χ2v) is 9.76. The number of rotatable bonds is 9. The molecule has 0 saturated heterocycles. The van der Waals surface area contributed by atoms with Gasteiger partial charge in [-0.2, -0.15) is 0 Å². The molecular formula is C28H26Cl2N4O5. The van der Waals surface area contributed by atoms with Crippen molar-refractivity contribution in [1.82, 2.24) is 19.8 Å². The van der Waals surface area contributed by atoms with E-state index >= 15 is 0 Å². The lowest BCUT2D eigenvalue weighted by Crippen LogP contribution is -2.42. The predicted molar refractivity (Wildman–Crippen MR) is 151 cm³/mol. The third kappa shape index (κ3) is 5.90. The van der Waals surface area contributed by atoms with Crippen LogP contribution in [0, 0.1) is 0 Å². The number of amides is 1. The standard InChI is InChI=1S/C28H26Cl2N4O5/c1-3-31-15-17-9-12-23-19(13-17)26(36)34(28(39)33(23)2)18-10-7-16(8-11-18)14-22(27(37)38)32-25(35)24-20(29)5-4-6-21(24)30/h4-13,22,31H,3,14-15H2,1-2H3,(H,32,35)(H,37,38)/t22-/m0/s1. The van der Waals surface area contributed by atoms with Crippen LogP contribution in [0.2, 0.25) is 10.0 Å². The molecule has 39 heavy (non-hydrogen) atoms. The lowest BCUT2D eigenvalue weighted by Gasteiger charge is -2.16. The normalized spacial score (nSPS) is 11.9. The summed E-state index contributed by atoms with van der Waals surface area (Å²) < 4.78 is 2.50. The molecule has 0 spiro atoms. The van der Waals surface area contributed by atoms with Gasteiger partial charge in [0.25, 0.3) is 11.5 Å². The number of halogens is 2. The first-order valence-corrected chi connectivity index (χ1v) is 12.9. The van der Waals surface area contributed by atoms with Crippen LogP contribution in [-0.2, 0) is 24.8 Å². The van der Waals surface area contributed by atoms with Gasteiger partial charge in [0.15, 0.2) is 0 Å². The third-order valence-electron chi connectivity index (χ3n) is 6.34. The zero-order valence-corrected chi connectivity index (χ0v) is 22.7. The SMILES string of the molecule is CCNCc1ccc2c(c1)c(=O)n(-c1ccc(C[C@H](NC(=O)c3c(Cl)cccc3Cl)C(=O)O)cc1)c(=O)n2C. The quantitative estimate of drug-likeness (QED) is 0.284. The zero-order valence-electron chi connectivity index (χ0n) is 21.2. The number of carbonyl (C=O) groups is 2. The Hall–Kier alpha value is -3.92. The van der Waals surface area contributed by atoms with Crippen molar-refractivity contribution in [1.29, 1.82) is 0 Å². The molecule has 202 valence electrons. The van der Waals surface area contributed by atoms with Gasteiger partial charge in [-0.05, 0) is 54.1 Å². The zero-order chi connectivity index (χ0) is 28.3. The van der Waals surface area contributed by atoms with E-state index in [0.29, 0.717) is 28.7 Å². The van der Waals surface area contributed by atoms with Crippen molar-refractivity contribution in [3.8, 4) is 5.69 Å². The molecule has 0 bridgehead atoms. The predicted octanol–water partition coefficient (Wildman–Crippen LogP) is 3.53. The Morgan fingerprint density at radius 3 is 2.23 bits per heavy atom. The molecule has 0 unspecified atom stereocenters. The Balaban J connectivity index is 1.62. The largest absolute Gasteiger partial charge is 0.480 e. The van der Waals surface area contributed by atoms with Crippen LogP contribution in [-0.4, -0.2) is 38.7 Å². The van der Waals surface area contributed by atoms with E-state index < -0.39 is 29.2 Å². The Morgan fingerprint density at radius 2 is 1.62 bits per heavy atom. The summed E-state index contributed by atoms with van der Waals surface area (Å²) in [5, 5.41) is 16.0. The van der Waals surface area contributed by atoms with Crippen molar-refractivity contribution >= 4 is 46.0 Å². The van der Waals surface area contributed by atoms with Gasteiger partial charge in [0.05, 0.1) is 32.2 Å². The van der Waals surface area contributed by atoms with Gasteiger partial charge >= 0.3 is 11.7 Å². The van der Waals surface area contributed by atoms with E-state index in [0.717, 1.165) is 16.7 Å². The highest BCUT2D eigenvalue weighted by Crippen LogP contribution is 2.24. The Morgan fingerprint density at radius 1 is 0.974 bits per heavy atom. The Kier molecular flexibility index (Phi) is 8.54. The number of aryl methyl sites for hydroxylation is 1. The maximum Gasteiger partial charge on any atom is 0.335 e. The molecule has 0 aliphatic heterocycles. The van der Waals surface area contributed by atoms with Crippen LogP contribution < -0.4 is 21.9 Å². The summed E-state index contributed by atoms with van der Waals surface area (Å²) in [4.78, 5) is 51.1. The van der Waals surface area contributed by atoms with Gasteiger partial charge in [-0.25, -0.2) is 14.2 Å². The van der Waals surface area contributed by atoms with Gasteiger partial charge in [0, 0.05) is 20.0 Å². The van der Waals surface area contributed by atoms with Crippen LogP contribution in [0.1, 0.15) is 28.4 Å². The number of aromatic nitrogens is 2. The average molecular weight is 569 g/mol. The maximum absolute atomic E-state index is 13.4. The van der Waals surface area contributed by atoms with Crippen molar-refractivity contribution in [2.24, 2.45) is 7.05 Å². The summed E-state index contributed by atoms with van der Waals surface area (Å²) in [6, 6.07) is 15.0. The molecule has 4 aromatic rings. The second-order valence-electron chi connectivity index (χ2n) is 8.95. The molecule has 0 fully saturated rings. The molecule has 0 radical (unpaired) electrons. The van der Waals surface area contributed by atoms with Crippen LogP contribution in [0.4, 0.5) is 0 Å². The smallest absolute Gasteiger partial charge is 0.335 e. The number of hydrogen-bond donors (Lipinski definition) is 3. The number of nitrogens with zero attached hydrogens (tertiary/aromatic N) is 2. The lowest BCUT2D eigenvalue weighted by molar-refractivity contribution is -0.139. The van der Waals surface area contributed by atoms with Crippen molar-refractivity contribution < 1.29 is 14.7 Å². The van der Waals surface area contributed by atoms with Crippen molar-refractivity contribution in [3.63, 3.8) is 0 Å². The molecule has 3 aromatic carbocycles. The minimum absolute atomic E-state index is 0.0115. The topological polar surface area (TPSA) is 122 Å². The number of carboxylic acids is 1. The monoisotopic (exact) mass is 568 g/mol. The van der Waals surface area contributed by atoms with Crippen LogP contribution in [0.3, 0.4) is 0 Å². The van der Waals surface area contributed by atoms with Gasteiger partial charge in [-0.1, -0.05) is 54.4 Å². The molecule has 3 N–H and O–H groups in total. The van der Waals surface area contributed by atoms with E-state index in [9.17, 15) is 24.3 Å². The summed E-state index contributed by atoms with van der Waals surface area (Å²) in [6.07, 6.45) is -0.0537. The van der Waals surface area contributed by atoms with E-state index in [-0.39, 0.29) is 22.0 Å². The number of aliphatic carboxylic acids is 1. The maximum atomic E-state index is 13.4. The van der Waals surface area contributed by atoms with Crippen molar-refractivity contribution in [2.45, 2.75) is 25.9 Å². The first kappa shape index (κ1) is 28.1. The average Bonchev–Trinajstić information content (AvgIpc) is 2.91. The van der Waals surface area contributed by atoms with E-state index in [1.165, 1.54) is 16.7 Å². The minimum atomic E-state index is -1.28. The van der Waals surface area contributed by atoms with Crippen LogP contribution in [0.5, 0.6) is 0 Å². The molecular weight excluding hydrogens is 543 g/mol. The molecule has 4 rings (SSSR count). The summed E-state index contributed by atoms with van der Waals surface area (Å²) in [6.45, 7) is 3.36. The highest BCUT2D eigenvalue weighted by atomic mass is 35.5. The number of benzene rings is 3. The molecule has 1 aromatic heterocycles. The molecule has 0 saturated carbocycles. The van der Waals surface area contributed by atoms with Gasteiger partial charge in [-0.3, -0.25) is 14.2 Å². The number of carboxylic acid groups (broad SMARTS) is 1. The Labute approximate surface area is 233 Å². The Bertz CT molecular complexity index is 1660. The van der Waals surface area contributed by atoms with Gasteiger partial charge in [0.1, 0.15) is 6.04 Å². The van der Waals surface area contributed by atoms with Gasteiger partial charge < -0.3 is 15.7 Å². The lowest BCUT2D eigenvalue weighted by atomic mass is 10.0. The van der Waals surface area contributed by atoms with Crippen molar-refractivity contribution in [2.75, 3.05) is 6.54 Å². The summed E-state index contributed by atoms with van der Waals surface area (Å²) >= 11 is 12.2. The van der Waals surface area contributed by atoms with E-state index in [2.05, 4.69) is 10.6 Å². The molecule has 1 heterocycles. The second kappa shape index (κ2) is 11.9.